The summed E-state index contributed by atoms with van der Waals surface area (Å²) in [7, 11) is -4.36. The van der Waals surface area contributed by atoms with Crippen LogP contribution in [-0.4, -0.2) is 25.0 Å². The van der Waals surface area contributed by atoms with Gasteiger partial charge in [0.05, 0.1) is 11.3 Å². The lowest BCUT2D eigenvalue weighted by molar-refractivity contribution is -0.137. The standard InChI is InChI=1S/C9H8F2O4S/c10-6-1-3-7(4-2-6)16(14,15)8(11)5-9(12)13/h1-4,8H,5H2,(H,12,13). The molecule has 0 aliphatic rings. The molecule has 88 valence electrons. The van der Waals surface area contributed by atoms with Crippen molar-refractivity contribution in [3.8, 4) is 0 Å². The summed E-state index contributed by atoms with van der Waals surface area (Å²) in [5.41, 5.74) is -2.53. The summed E-state index contributed by atoms with van der Waals surface area (Å²) >= 11 is 0. The van der Waals surface area contributed by atoms with Gasteiger partial charge in [-0.15, -0.1) is 0 Å². The van der Waals surface area contributed by atoms with Gasteiger partial charge in [-0.1, -0.05) is 0 Å². The Hall–Kier alpha value is -1.50. The highest BCUT2D eigenvalue weighted by molar-refractivity contribution is 7.92. The molecule has 0 spiro atoms. The number of halogens is 2. The van der Waals surface area contributed by atoms with Crippen molar-refractivity contribution in [3.05, 3.63) is 30.1 Å². The average Bonchev–Trinajstić information content (AvgIpc) is 2.17. The molecular weight excluding hydrogens is 242 g/mol. The molecule has 16 heavy (non-hydrogen) atoms. The molecule has 0 amide bonds. The molecule has 0 radical (unpaired) electrons. The van der Waals surface area contributed by atoms with Crippen molar-refractivity contribution in [2.24, 2.45) is 0 Å². The molecule has 1 aromatic carbocycles. The SMILES string of the molecule is O=C(O)CC(F)S(=O)(=O)c1ccc(F)cc1. The third-order valence-electron chi connectivity index (χ3n) is 1.81. The molecule has 0 aliphatic heterocycles. The maximum Gasteiger partial charge on any atom is 0.307 e. The topological polar surface area (TPSA) is 71.4 Å². The van der Waals surface area contributed by atoms with Gasteiger partial charge in [0.2, 0.25) is 15.3 Å². The highest BCUT2D eigenvalue weighted by Crippen LogP contribution is 2.19. The number of rotatable bonds is 4. The second-order valence-corrected chi connectivity index (χ2v) is 5.08. The van der Waals surface area contributed by atoms with E-state index < -0.39 is 38.4 Å². The Morgan fingerprint density at radius 3 is 2.25 bits per heavy atom. The molecule has 7 heteroatoms. The van der Waals surface area contributed by atoms with Gasteiger partial charge < -0.3 is 5.11 Å². The Balaban J connectivity index is 3.02. The summed E-state index contributed by atoms with van der Waals surface area (Å²) in [6, 6.07) is 3.50. The van der Waals surface area contributed by atoms with Crippen LogP contribution in [0.4, 0.5) is 8.78 Å². The highest BCUT2D eigenvalue weighted by atomic mass is 32.2. The largest absolute Gasteiger partial charge is 0.481 e. The third-order valence-corrected chi connectivity index (χ3v) is 3.58. The van der Waals surface area contributed by atoms with Gasteiger partial charge >= 0.3 is 5.97 Å². The van der Waals surface area contributed by atoms with Crippen LogP contribution >= 0.6 is 0 Å². The molecule has 1 aromatic rings. The van der Waals surface area contributed by atoms with Crippen LogP contribution in [0.25, 0.3) is 0 Å². The normalized spacial score (nSPS) is 13.4. The summed E-state index contributed by atoms with van der Waals surface area (Å²) < 4.78 is 48.5. The lowest BCUT2D eigenvalue weighted by Gasteiger charge is -2.07. The summed E-state index contributed by atoms with van der Waals surface area (Å²) in [5, 5.41) is 8.27. The summed E-state index contributed by atoms with van der Waals surface area (Å²) in [4.78, 5) is 9.74. The minimum Gasteiger partial charge on any atom is -0.481 e. The fraction of sp³-hybridized carbons (Fsp3) is 0.222. The number of hydrogen-bond acceptors (Lipinski definition) is 3. The third kappa shape index (κ3) is 2.75. The van der Waals surface area contributed by atoms with E-state index in [1.54, 1.807) is 0 Å². The second kappa shape index (κ2) is 4.56. The van der Waals surface area contributed by atoms with Crippen LogP contribution in [0.5, 0.6) is 0 Å². The molecule has 0 aliphatic carbocycles. The first kappa shape index (κ1) is 12.6. The molecule has 0 saturated heterocycles. The van der Waals surface area contributed by atoms with Crippen LogP contribution in [0.15, 0.2) is 29.2 Å². The van der Waals surface area contributed by atoms with Crippen molar-refractivity contribution in [2.45, 2.75) is 16.8 Å². The average molecular weight is 250 g/mol. The van der Waals surface area contributed by atoms with Crippen LogP contribution in [-0.2, 0) is 14.6 Å². The summed E-state index contributed by atoms with van der Waals surface area (Å²) in [6.45, 7) is 0. The zero-order valence-electron chi connectivity index (χ0n) is 7.93. The van der Waals surface area contributed by atoms with E-state index in [-0.39, 0.29) is 0 Å². The van der Waals surface area contributed by atoms with Crippen molar-refractivity contribution in [1.82, 2.24) is 0 Å². The number of alkyl halides is 1. The van der Waals surface area contributed by atoms with Gasteiger partial charge in [0.15, 0.2) is 0 Å². The maximum atomic E-state index is 13.2. The molecule has 1 unspecified atom stereocenters. The maximum absolute atomic E-state index is 13.2. The first-order valence-electron chi connectivity index (χ1n) is 4.19. The number of carboxylic acid groups (broad SMARTS) is 1. The first-order valence-corrected chi connectivity index (χ1v) is 5.74. The molecule has 0 bridgehead atoms. The monoisotopic (exact) mass is 250 g/mol. The van der Waals surface area contributed by atoms with E-state index in [1.165, 1.54) is 0 Å². The molecule has 1 N–H and O–H groups in total. The smallest absolute Gasteiger partial charge is 0.307 e. The van der Waals surface area contributed by atoms with E-state index in [0.29, 0.717) is 0 Å². The van der Waals surface area contributed by atoms with Gasteiger partial charge in [0, 0.05) is 0 Å². The number of sulfone groups is 1. The van der Waals surface area contributed by atoms with Crippen molar-refractivity contribution < 1.29 is 27.1 Å². The Kier molecular flexibility index (Phi) is 3.58. The lowest BCUT2D eigenvalue weighted by Crippen LogP contribution is -2.20. The minimum absolute atomic E-state index is 0.442. The van der Waals surface area contributed by atoms with E-state index in [2.05, 4.69) is 0 Å². The van der Waals surface area contributed by atoms with Crippen molar-refractivity contribution in [3.63, 3.8) is 0 Å². The van der Waals surface area contributed by atoms with Crippen LogP contribution in [0.2, 0.25) is 0 Å². The predicted octanol–water partition coefficient (Wildman–Crippen LogP) is 1.37. The van der Waals surface area contributed by atoms with E-state index in [4.69, 9.17) is 5.11 Å². The van der Waals surface area contributed by atoms with Crippen molar-refractivity contribution in [2.75, 3.05) is 0 Å². The van der Waals surface area contributed by atoms with E-state index in [1.807, 2.05) is 0 Å². The summed E-state index contributed by atoms with van der Waals surface area (Å²) in [5.74, 6) is -2.22. The van der Waals surface area contributed by atoms with Gasteiger partial charge in [-0.2, -0.15) is 0 Å². The number of hydrogen-bond donors (Lipinski definition) is 1. The zero-order valence-corrected chi connectivity index (χ0v) is 8.75. The van der Waals surface area contributed by atoms with Gasteiger partial charge in [-0.3, -0.25) is 4.79 Å². The molecule has 1 atom stereocenters. The van der Waals surface area contributed by atoms with Crippen LogP contribution in [0.3, 0.4) is 0 Å². The van der Waals surface area contributed by atoms with Crippen LogP contribution < -0.4 is 0 Å². The second-order valence-electron chi connectivity index (χ2n) is 3.01. The van der Waals surface area contributed by atoms with E-state index in [0.717, 1.165) is 24.3 Å². The molecule has 0 saturated carbocycles. The predicted molar refractivity (Wildman–Crippen MR) is 50.7 cm³/mol. The van der Waals surface area contributed by atoms with Crippen molar-refractivity contribution in [1.29, 1.82) is 0 Å². The number of carboxylic acids is 1. The molecular formula is C9H8F2O4S. The molecule has 0 heterocycles. The lowest BCUT2D eigenvalue weighted by atomic mass is 10.4. The highest BCUT2D eigenvalue weighted by Gasteiger charge is 2.29. The Morgan fingerprint density at radius 2 is 1.81 bits per heavy atom. The van der Waals surface area contributed by atoms with Gasteiger partial charge in [0.25, 0.3) is 0 Å². The Labute approximate surface area is 90.4 Å². The van der Waals surface area contributed by atoms with E-state index in [9.17, 15) is 22.0 Å². The minimum atomic E-state index is -4.36. The summed E-state index contributed by atoms with van der Waals surface area (Å²) in [6.07, 6.45) is -1.14. The quantitative estimate of drug-likeness (QED) is 0.819. The first-order chi connectivity index (χ1) is 7.34. The molecule has 0 aromatic heterocycles. The fourth-order valence-corrected chi connectivity index (χ4v) is 2.19. The van der Waals surface area contributed by atoms with Crippen LogP contribution in [0.1, 0.15) is 6.42 Å². The Bertz CT molecular complexity index is 481. The van der Waals surface area contributed by atoms with Gasteiger partial charge in [-0.25, -0.2) is 17.2 Å². The molecule has 4 nitrogen and oxygen atoms in total. The zero-order chi connectivity index (χ0) is 12.3. The van der Waals surface area contributed by atoms with Crippen LogP contribution in [0, 0.1) is 5.82 Å². The number of aliphatic carboxylic acids is 1. The van der Waals surface area contributed by atoms with Crippen molar-refractivity contribution >= 4 is 15.8 Å². The van der Waals surface area contributed by atoms with Gasteiger partial charge in [0.1, 0.15) is 5.82 Å². The fourth-order valence-electron chi connectivity index (χ4n) is 1.02. The number of benzene rings is 1. The number of carbonyl (C=O) groups is 1. The Morgan fingerprint density at radius 1 is 1.31 bits per heavy atom. The molecule has 1 rings (SSSR count). The van der Waals surface area contributed by atoms with E-state index >= 15 is 0 Å². The molecule has 0 fully saturated rings. The van der Waals surface area contributed by atoms with Gasteiger partial charge in [-0.05, 0) is 24.3 Å².